The molecule has 0 aliphatic heterocycles. The first-order valence-corrected chi connectivity index (χ1v) is 7.33. The molecule has 21 heavy (non-hydrogen) atoms. The van der Waals surface area contributed by atoms with Crippen LogP contribution in [0.2, 0.25) is 0 Å². The van der Waals surface area contributed by atoms with Gasteiger partial charge >= 0.3 is 0 Å². The minimum absolute atomic E-state index is 0.225. The number of rotatable bonds is 5. The molecule has 2 aromatic heterocycles. The first-order valence-electron chi connectivity index (χ1n) is 7.33. The molecular weight excluding hydrogens is 260 g/mol. The van der Waals surface area contributed by atoms with Crippen LogP contribution in [-0.4, -0.2) is 21.3 Å². The lowest BCUT2D eigenvalue weighted by molar-refractivity contribution is 0.542. The summed E-state index contributed by atoms with van der Waals surface area (Å²) in [6.07, 6.45) is 4.71. The third-order valence-electron chi connectivity index (χ3n) is 3.67. The summed E-state index contributed by atoms with van der Waals surface area (Å²) in [5.74, 6) is 0. The Morgan fingerprint density at radius 2 is 2.05 bits per heavy atom. The standard InChI is InChI=1S/C17H20N4/c1-3-18-16(12-14-9-11-21(2)20-14)15-8-4-6-13-7-5-10-19-17(13)15/h4-11,16,18H,3,12H2,1-2H3. The van der Waals surface area contributed by atoms with Gasteiger partial charge in [-0.1, -0.05) is 31.2 Å². The number of nitrogens with one attached hydrogen (secondary N) is 1. The lowest BCUT2D eigenvalue weighted by atomic mass is 9.99. The first-order chi connectivity index (χ1) is 10.3. The van der Waals surface area contributed by atoms with Gasteiger partial charge in [-0.05, 0) is 24.2 Å². The summed E-state index contributed by atoms with van der Waals surface area (Å²) in [5, 5.41) is 9.23. The number of likely N-dealkylation sites (N-methyl/N-ethyl adjacent to an activating group) is 1. The monoisotopic (exact) mass is 280 g/mol. The molecule has 3 rings (SSSR count). The molecule has 0 radical (unpaired) electrons. The molecular formula is C17H20N4. The van der Waals surface area contributed by atoms with Crippen molar-refractivity contribution in [3.05, 3.63) is 60.0 Å². The van der Waals surface area contributed by atoms with Crippen LogP contribution in [0.3, 0.4) is 0 Å². The molecule has 108 valence electrons. The van der Waals surface area contributed by atoms with Crippen LogP contribution in [0.5, 0.6) is 0 Å². The zero-order chi connectivity index (χ0) is 14.7. The highest BCUT2D eigenvalue weighted by atomic mass is 15.2. The normalized spacial score (nSPS) is 12.7. The highest BCUT2D eigenvalue weighted by Crippen LogP contribution is 2.24. The maximum Gasteiger partial charge on any atom is 0.0749 e. The van der Waals surface area contributed by atoms with Crippen molar-refractivity contribution in [2.75, 3.05) is 6.54 Å². The average Bonchev–Trinajstić information content (AvgIpc) is 2.91. The van der Waals surface area contributed by atoms with Crippen molar-refractivity contribution in [2.24, 2.45) is 7.05 Å². The summed E-state index contributed by atoms with van der Waals surface area (Å²) in [4.78, 5) is 4.57. The number of hydrogen-bond acceptors (Lipinski definition) is 3. The molecule has 1 unspecified atom stereocenters. The van der Waals surface area contributed by atoms with Crippen LogP contribution in [0.15, 0.2) is 48.8 Å². The van der Waals surface area contributed by atoms with Gasteiger partial charge in [-0.3, -0.25) is 9.67 Å². The SMILES string of the molecule is CCNC(Cc1ccn(C)n1)c1cccc2cccnc12. The third kappa shape index (κ3) is 2.95. The Balaban J connectivity index is 1.98. The largest absolute Gasteiger partial charge is 0.310 e. The lowest BCUT2D eigenvalue weighted by Gasteiger charge is -2.18. The van der Waals surface area contributed by atoms with E-state index in [-0.39, 0.29) is 6.04 Å². The van der Waals surface area contributed by atoms with Crippen LogP contribution in [-0.2, 0) is 13.5 Å². The quantitative estimate of drug-likeness (QED) is 0.781. The van der Waals surface area contributed by atoms with E-state index in [0.717, 1.165) is 24.2 Å². The molecule has 0 saturated heterocycles. The van der Waals surface area contributed by atoms with Crippen LogP contribution in [0.25, 0.3) is 10.9 Å². The minimum atomic E-state index is 0.225. The highest BCUT2D eigenvalue weighted by Gasteiger charge is 2.16. The van der Waals surface area contributed by atoms with Crippen molar-refractivity contribution < 1.29 is 0 Å². The zero-order valence-electron chi connectivity index (χ0n) is 12.5. The molecule has 1 N–H and O–H groups in total. The van der Waals surface area contributed by atoms with Crippen molar-refractivity contribution in [1.82, 2.24) is 20.1 Å². The van der Waals surface area contributed by atoms with Crippen molar-refractivity contribution >= 4 is 10.9 Å². The molecule has 0 fully saturated rings. The van der Waals surface area contributed by atoms with E-state index in [1.165, 1.54) is 10.9 Å². The van der Waals surface area contributed by atoms with E-state index < -0.39 is 0 Å². The number of hydrogen-bond donors (Lipinski definition) is 1. The van der Waals surface area contributed by atoms with E-state index in [1.54, 1.807) is 0 Å². The number of fused-ring (bicyclic) bond motifs is 1. The van der Waals surface area contributed by atoms with Crippen molar-refractivity contribution in [1.29, 1.82) is 0 Å². The van der Waals surface area contributed by atoms with Crippen molar-refractivity contribution in [3.63, 3.8) is 0 Å². The molecule has 1 aromatic carbocycles. The highest BCUT2D eigenvalue weighted by molar-refractivity contribution is 5.82. The number of nitrogens with zero attached hydrogens (tertiary/aromatic N) is 3. The smallest absolute Gasteiger partial charge is 0.0749 e. The number of aryl methyl sites for hydroxylation is 1. The average molecular weight is 280 g/mol. The lowest BCUT2D eigenvalue weighted by Crippen LogP contribution is -2.23. The fourth-order valence-corrected chi connectivity index (χ4v) is 2.73. The van der Waals surface area contributed by atoms with Gasteiger partial charge in [0, 0.05) is 37.3 Å². The first kappa shape index (κ1) is 13.8. The Labute approximate surface area is 124 Å². The van der Waals surface area contributed by atoms with Crippen molar-refractivity contribution in [3.8, 4) is 0 Å². The Morgan fingerprint density at radius 1 is 1.19 bits per heavy atom. The molecule has 0 aliphatic rings. The Kier molecular flexibility index (Phi) is 3.97. The van der Waals surface area contributed by atoms with Gasteiger partial charge in [0.05, 0.1) is 11.2 Å². The van der Waals surface area contributed by atoms with Crippen LogP contribution >= 0.6 is 0 Å². The fraction of sp³-hybridized carbons (Fsp3) is 0.294. The van der Waals surface area contributed by atoms with E-state index in [0.29, 0.717) is 0 Å². The molecule has 0 aliphatic carbocycles. The van der Waals surface area contributed by atoms with E-state index >= 15 is 0 Å². The summed E-state index contributed by atoms with van der Waals surface area (Å²) in [7, 11) is 1.95. The molecule has 0 spiro atoms. The molecule has 4 nitrogen and oxygen atoms in total. The van der Waals surface area contributed by atoms with E-state index in [2.05, 4.69) is 52.7 Å². The van der Waals surface area contributed by atoms with E-state index in [1.807, 2.05) is 30.2 Å². The van der Waals surface area contributed by atoms with E-state index in [9.17, 15) is 0 Å². The van der Waals surface area contributed by atoms with Crippen molar-refractivity contribution in [2.45, 2.75) is 19.4 Å². The molecule has 0 saturated carbocycles. The fourth-order valence-electron chi connectivity index (χ4n) is 2.73. The molecule has 2 heterocycles. The van der Waals surface area contributed by atoms with Crippen LogP contribution < -0.4 is 5.32 Å². The van der Waals surface area contributed by atoms with Gasteiger partial charge in [-0.2, -0.15) is 5.10 Å². The van der Waals surface area contributed by atoms with E-state index in [4.69, 9.17) is 0 Å². The number of para-hydroxylation sites is 1. The molecule has 0 bridgehead atoms. The summed E-state index contributed by atoms with van der Waals surface area (Å²) in [6, 6.07) is 12.7. The molecule has 4 heteroatoms. The number of aromatic nitrogens is 3. The molecule has 1 atom stereocenters. The van der Waals surface area contributed by atoms with Gasteiger partial charge in [-0.15, -0.1) is 0 Å². The van der Waals surface area contributed by atoms with Crippen LogP contribution in [0, 0.1) is 0 Å². The summed E-state index contributed by atoms with van der Waals surface area (Å²) in [6.45, 7) is 3.05. The minimum Gasteiger partial charge on any atom is -0.310 e. The summed E-state index contributed by atoms with van der Waals surface area (Å²) < 4.78 is 1.85. The number of benzene rings is 1. The van der Waals surface area contributed by atoms with Gasteiger partial charge in [0.15, 0.2) is 0 Å². The second-order valence-electron chi connectivity index (χ2n) is 5.22. The van der Waals surface area contributed by atoms with Gasteiger partial charge < -0.3 is 5.32 Å². The third-order valence-corrected chi connectivity index (χ3v) is 3.67. The summed E-state index contributed by atoms with van der Waals surface area (Å²) in [5.41, 5.74) is 3.40. The van der Waals surface area contributed by atoms with Gasteiger partial charge in [0.2, 0.25) is 0 Å². The van der Waals surface area contributed by atoms with Gasteiger partial charge in [0.25, 0.3) is 0 Å². The predicted molar refractivity (Wildman–Crippen MR) is 85.1 cm³/mol. The maximum absolute atomic E-state index is 4.57. The predicted octanol–water partition coefficient (Wildman–Crippen LogP) is 2.86. The topological polar surface area (TPSA) is 42.7 Å². The van der Waals surface area contributed by atoms with Crippen LogP contribution in [0.4, 0.5) is 0 Å². The zero-order valence-corrected chi connectivity index (χ0v) is 12.5. The molecule has 0 amide bonds. The van der Waals surface area contributed by atoms with Gasteiger partial charge in [0.1, 0.15) is 0 Å². The molecule has 3 aromatic rings. The van der Waals surface area contributed by atoms with Gasteiger partial charge in [-0.25, -0.2) is 0 Å². The Bertz CT molecular complexity index is 727. The Morgan fingerprint density at radius 3 is 2.81 bits per heavy atom. The Hall–Kier alpha value is -2.20. The maximum atomic E-state index is 4.57. The second-order valence-corrected chi connectivity index (χ2v) is 5.22. The van der Waals surface area contributed by atoms with Crippen LogP contribution in [0.1, 0.15) is 24.2 Å². The second kappa shape index (κ2) is 6.06. The number of pyridine rings is 1. The summed E-state index contributed by atoms with van der Waals surface area (Å²) >= 11 is 0.